The number of carbonyl (C=O) groups is 1. The first-order chi connectivity index (χ1) is 14.9. The zero-order chi connectivity index (χ0) is 23.5. The van der Waals surface area contributed by atoms with Gasteiger partial charge >= 0.3 is 5.97 Å². The van der Waals surface area contributed by atoms with Crippen LogP contribution in [0, 0.1) is 0 Å². The number of rotatable bonds is 5. The van der Waals surface area contributed by atoms with Gasteiger partial charge in [-0.1, -0.05) is 88.2 Å². The summed E-state index contributed by atoms with van der Waals surface area (Å²) in [4.78, 5) is 25.6. The SMILES string of the molecule is CC(Sc1ccc(-c2nc(C(Cl)(Cl)Cl)nc(C(Cl)(Cl)Cl)n2)cc1)C(=O)OC1CCCCC1. The molecule has 1 aliphatic rings. The zero-order valence-corrected chi connectivity index (χ0v) is 22.2. The Morgan fingerprint density at radius 1 is 0.938 bits per heavy atom. The second-order valence-corrected chi connectivity index (χ2v) is 13.3. The summed E-state index contributed by atoms with van der Waals surface area (Å²) in [6.45, 7) is 1.83. The van der Waals surface area contributed by atoms with Crippen molar-refractivity contribution in [2.75, 3.05) is 0 Å². The highest BCUT2D eigenvalue weighted by Gasteiger charge is 2.34. The third-order valence-electron chi connectivity index (χ3n) is 4.73. The minimum Gasteiger partial charge on any atom is -0.462 e. The summed E-state index contributed by atoms with van der Waals surface area (Å²) in [6.07, 6.45) is 5.34. The van der Waals surface area contributed by atoms with Crippen LogP contribution < -0.4 is 0 Å². The number of nitrogens with zero attached hydrogens (tertiary/aromatic N) is 3. The first kappa shape index (κ1) is 26.4. The number of esters is 1. The summed E-state index contributed by atoms with van der Waals surface area (Å²) >= 11 is 36.9. The normalized spacial score (nSPS) is 16.6. The van der Waals surface area contributed by atoms with Crippen molar-refractivity contribution in [2.45, 2.75) is 62.9 Å². The molecule has 1 heterocycles. The lowest BCUT2D eigenvalue weighted by Gasteiger charge is -2.23. The van der Waals surface area contributed by atoms with Crippen LogP contribution in [0.5, 0.6) is 0 Å². The van der Waals surface area contributed by atoms with Crippen molar-refractivity contribution in [3.05, 3.63) is 35.9 Å². The Kier molecular flexibility index (Phi) is 9.09. The van der Waals surface area contributed by atoms with Crippen molar-refractivity contribution >= 4 is 87.3 Å². The van der Waals surface area contributed by atoms with Gasteiger partial charge in [-0.3, -0.25) is 4.79 Å². The molecule has 1 aliphatic carbocycles. The van der Waals surface area contributed by atoms with E-state index >= 15 is 0 Å². The van der Waals surface area contributed by atoms with Crippen LogP contribution in [0.4, 0.5) is 0 Å². The molecule has 12 heteroatoms. The summed E-state index contributed by atoms with van der Waals surface area (Å²) in [6, 6.07) is 7.19. The van der Waals surface area contributed by atoms with Gasteiger partial charge in [0.05, 0.1) is 0 Å². The third-order valence-corrected chi connectivity index (χ3v) is 6.84. The van der Waals surface area contributed by atoms with Crippen molar-refractivity contribution in [1.82, 2.24) is 15.0 Å². The lowest BCUT2D eigenvalue weighted by molar-refractivity contribution is -0.149. The van der Waals surface area contributed by atoms with Gasteiger partial charge in [0, 0.05) is 10.5 Å². The van der Waals surface area contributed by atoms with Gasteiger partial charge in [0.15, 0.2) is 17.5 Å². The van der Waals surface area contributed by atoms with E-state index in [0.717, 1.165) is 30.6 Å². The van der Waals surface area contributed by atoms with Gasteiger partial charge in [0.25, 0.3) is 0 Å². The van der Waals surface area contributed by atoms with Crippen LogP contribution in [0.3, 0.4) is 0 Å². The average molecular weight is 578 g/mol. The Bertz CT molecular complexity index is 912. The molecule has 0 radical (unpaired) electrons. The van der Waals surface area contributed by atoms with Gasteiger partial charge in [-0.2, -0.15) is 0 Å². The van der Waals surface area contributed by atoms with Crippen LogP contribution in [0.2, 0.25) is 0 Å². The van der Waals surface area contributed by atoms with E-state index in [1.807, 2.05) is 19.1 Å². The molecule has 174 valence electrons. The number of alkyl halides is 6. The summed E-state index contributed by atoms with van der Waals surface area (Å²) in [5.41, 5.74) is 0.597. The quantitative estimate of drug-likeness (QED) is 0.208. The topological polar surface area (TPSA) is 65.0 Å². The second kappa shape index (κ2) is 11.0. The minimum atomic E-state index is -1.92. The molecule has 1 aromatic heterocycles. The van der Waals surface area contributed by atoms with Crippen LogP contribution in [-0.4, -0.2) is 32.3 Å². The fourth-order valence-electron chi connectivity index (χ4n) is 3.14. The fraction of sp³-hybridized carbons (Fsp3) is 0.500. The maximum atomic E-state index is 12.4. The number of thioether (sulfide) groups is 1. The monoisotopic (exact) mass is 575 g/mol. The lowest BCUT2D eigenvalue weighted by atomic mass is 9.98. The Labute approximate surface area is 220 Å². The first-order valence-corrected chi connectivity index (χ1v) is 13.0. The molecule has 1 saturated carbocycles. The Morgan fingerprint density at radius 2 is 1.47 bits per heavy atom. The van der Waals surface area contributed by atoms with Crippen LogP contribution in [-0.2, 0) is 17.1 Å². The Morgan fingerprint density at radius 3 is 1.97 bits per heavy atom. The van der Waals surface area contributed by atoms with Crippen LogP contribution in [0.15, 0.2) is 29.2 Å². The molecule has 32 heavy (non-hydrogen) atoms. The molecule has 1 unspecified atom stereocenters. The highest BCUT2D eigenvalue weighted by molar-refractivity contribution is 8.00. The second-order valence-electron chi connectivity index (χ2n) is 7.28. The fourth-order valence-corrected chi connectivity index (χ4v) is 4.50. The average Bonchev–Trinajstić information content (AvgIpc) is 2.73. The summed E-state index contributed by atoms with van der Waals surface area (Å²) < 4.78 is 1.80. The van der Waals surface area contributed by atoms with Gasteiger partial charge < -0.3 is 4.74 Å². The molecule has 0 aliphatic heterocycles. The number of hydrogen-bond donors (Lipinski definition) is 0. The van der Waals surface area contributed by atoms with Crippen molar-refractivity contribution in [3.8, 4) is 11.4 Å². The van der Waals surface area contributed by atoms with Crippen molar-refractivity contribution < 1.29 is 9.53 Å². The van der Waals surface area contributed by atoms with Crippen molar-refractivity contribution in [3.63, 3.8) is 0 Å². The number of carbonyl (C=O) groups excluding carboxylic acids is 1. The molecule has 0 amide bonds. The number of benzene rings is 1. The molecule has 0 saturated heterocycles. The molecule has 0 spiro atoms. The number of aromatic nitrogens is 3. The van der Waals surface area contributed by atoms with Crippen molar-refractivity contribution in [1.29, 1.82) is 0 Å². The molecule has 0 bridgehead atoms. The first-order valence-electron chi connectivity index (χ1n) is 9.81. The zero-order valence-electron chi connectivity index (χ0n) is 16.8. The van der Waals surface area contributed by atoms with Gasteiger partial charge in [-0.15, -0.1) is 11.8 Å². The Hall–Kier alpha value is -0.210. The number of halogens is 6. The van der Waals surface area contributed by atoms with E-state index < -0.39 is 7.59 Å². The largest absolute Gasteiger partial charge is 0.462 e. The van der Waals surface area contributed by atoms with Crippen molar-refractivity contribution in [2.24, 2.45) is 0 Å². The minimum absolute atomic E-state index is 0.0322. The molecule has 1 fully saturated rings. The van der Waals surface area contributed by atoms with Gasteiger partial charge in [0.1, 0.15) is 11.4 Å². The van der Waals surface area contributed by atoms with E-state index in [1.54, 1.807) is 12.1 Å². The molecule has 1 aromatic carbocycles. The van der Waals surface area contributed by atoms with Crippen LogP contribution >= 0.6 is 81.4 Å². The molecule has 1 atom stereocenters. The predicted molar refractivity (Wildman–Crippen MR) is 132 cm³/mol. The Balaban J connectivity index is 1.74. The maximum absolute atomic E-state index is 12.4. The lowest BCUT2D eigenvalue weighted by Crippen LogP contribution is -2.25. The number of ether oxygens (including phenoxy) is 1. The van der Waals surface area contributed by atoms with Crippen LogP contribution in [0.25, 0.3) is 11.4 Å². The summed E-state index contributed by atoms with van der Waals surface area (Å²) in [7, 11) is 0. The van der Waals surface area contributed by atoms with Crippen LogP contribution in [0.1, 0.15) is 50.7 Å². The third kappa shape index (κ3) is 7.39. The molecule has 3 rings (SSSR count). The highest BCUT2D eigenvalue weighted by Crippen LogP contribution is 2.41. The molecular weight excluding hydrogens is 559 g/mol. The number of hydrogen-bond acceptors (Lipinski definition) is 6. The highest BCUT2D eigenvalue weighted by atomic mass is 35.6. The van der Waals surface area contributed by atoms with E-state index in [0.29, 0.717) is 5.56 Å². The predicted octanol–water partition coefficient (Wildman–Crippen LogP) is 7.55. The summed E-state index contributed by atoms with van der Waals surface area (Å²) in [5.74, 6) is -0.343. The molecule has 2 aromatic rings. The summed E-state index contributed by atoms with van der Waals surface area (Å²) in [5, 5.41) is -0.341. The van der Waals surface area contributed by atoms with E-state index in [-0.39, 0.29) is 34.8 Å². The smallest absolute Gasteiger partial charge is 0.319 e. The van der Waals surface area contributed by atoms with Gasteiger partial charge in [0.2, 0.25) is 7.59 Å². The van der Waals surface area contributed by atoms with E-state index in [9.17, 15) is 4.79 Å². The van der Waals surface area contributed by atoms with E-state index in [2.05, 4.69) is 15.0 Å². The maximum Gasteiger partial charge on any atom is 0.319 e. The standard InChI is InChI=1S/C20H19Cl6N3O2S/c1-11(16(30)31-13-5-3-2-4-6-13)32-14-9-7-12(8-10-14)15-27-17(19(21,22)23)29-18(28-15)20(24,25)26/h7-11,13H,2-6H2,1H3. The molecular formula is C20H19Cl6N3O2S. The molecule has 5 nitrogen and oxygen atoms in total. The molecule has 0 N–H and O–H groups in total. The van der Waals surface area contributed by atoms with E-state index in [1.165, 1.54) is 18.2 Å². The van der Waals surface area contributed by atoms with E-state index in [4.69, 9.17) is 74.3 Å². The van der Waals surface area contributed by atoms with Gasteiger partial charge in [-0.25, -0.2) is 15.0 Å². The van der Waals surface area contributed by atoms with Gasteiger partial charge in [-0.05, 0) is 44.7 Å².